The van der Waals surface area contributed by atoms with E-state index in [1.165, 1.54) is 160 Å². The molecule has 6 rings (SSSR count). The van der Waals surface area contributed by atoms with Crippen molar-refractivity contribution >= 4 is 0 Å². The van der Waals surface area contributed by atoms with Gasteiger partial charge in [0.25, 0.3) is 0 Å². The monoisotopic (exact) mass is 739 g/mol. The van der Waals surface area contributed by atoms with Gasteiger partial charge in [-0.2, -0.15) is 0 Å². The average molecular weight is 739 g/mol. The maximum Gasteiger partial charge on any atom is 0.109 e. The standard InChI is InChI=1S/C54H74O/c1-5-9-11-13-15-43-21-29-49(30-22-43)53(51-37-33-47(34-38-51)45-25-17-41(7-3)18-26-45)55-54(50-31-23-44(24-32-50)16-14-12-10-6-2)52-39-35-48(36-40-52)46-27-19-42(8-4)20-28-46/h21-24,29-42,45-46,53-54H,5-20,25-28H2,1-4H3/t41-,42-,45-,46-,53?,54?. The van der Waals surface area contributed by atoms with Gasteiger partial charge in [-0.25, -0.2) is 0 Å². The number of unbranched alkanes of at least 4 members (excludes halogenated alkanes) is 6. The van der Waals surface area contributed by atoms with Crippen LogP contribution in [0.5, 0.6) is 0 Å². The second-order valence-electron chi connectivity index (χ2n) is 17.6. The molecule has 0 radical (unpaired) electrons. The first-order valence-corrected chi connectivity index (χ1v) is 23.1. The first-order valence-electron chi connectivity index (χ1n) is 23.1. The molecule has 0 heterocycles. The SMILES string of the molecule is CCCCCCc1ccc(C(OC(c2ccc(CCCCCC)cc2)c2ccc([C@H]3CC[C@H](CC)CC3)cc2)c2ccc([C@H]3CC[C@H](CC)CC3)cc2)cc1. The lowest BCUT2D eigenvalue weighted by molar-refractivity contribution is 0.0308. The van der Waals surface area contributed by atoms with E-state index in [2.05, 4.69) is 125 Å². The summed E-state index contributed by atoms with van der Waals surface area (Å²) in [5, 5.41) is 0. The van der Waals surface area contributed by atoms with Crippen LogP contribution in [0.2, 0.25) is 0 Å². The van der Waals surface area contributed by atoms with E-state index in [1.807, 2.05) is 0 Å². The average Bonchev–Trinajstić information content (AvgIpc) is 3.25. The Kier molecular flexibility index (Phi) is 16.6. The molecule has 1 heteroatoms. The fourth-order valence-electron chi connectivity index (χ4n) is 9.76. The van der Waals surface area contributed by atoms with Gasteiger partial charge in [0, 0.05) is 0 Å². The minimum atomic E-state index is -0.165. The fourth-order valence-corrected chi connectivity index (χ4v) is 9.76. The Morgan fingerprint density at radius 1 is 0.400 bits per heavy atom. The number of ether oxygens (including phenoxy) is 1. The molecular weight excluding hydrogens is 665 g/mol. The zero-order chi connectivity index (χ0) is 38.2. The van der Waals surface area contributed by atoms with Crippen molar-refractivity contribution in [1.29, 1.82) is 0 Å². The third kappa shape index (κ3) is 11.9. The highest BCUT2D eigenvalue weighted by Gasteiger charge is 2.27. The van der Waals surface area contributed by atoms with Crippen LogP contribution < -0.4 is 0 Å². The summed E-state index contributed by atoms with van der Waals surface area (Å²) in [6.07, 6.45) is 25.8. The molecule has 2 atom stereocenters. The smallest absolute Gasteiger partial charge is 0.109 e. The number of hydrogen-bond donors (Lipinski definition) is 0. The Bertz CT molecular complexity index is 1490. The van der Waals surface area contributed by atoms with E-state index in [1.54, 1.807) is 0 Å². The predicted octanol–water partition coefficient (Wildman–Crippen LogP) is 16.2. The van der Waals surface area contributed by atoms with Crippen LogP contribution in [0.4, 0.5) is 0 Å². The van der Waals surface area contributed by atoms with Crippen molar-refractivity contribution in [2.75, 3.05) is 0 Å². The minimum Gasteiger partial charge on any atom is -0.356 e. The summed E-state index contributed by atoms with van der Waals surface area (Å²) < 4.78 is 7.53. The van der Waals surface area contributed by atoms with E-state index in [9.17, 15) is 0 Å². The molecule has 0 N–H and O–H groups in total. The molecule has 2 aliphatic carbocycles. The zero-order valence-electron chi connectivity index (χ0n) is 35.3. The van der Waals surface area contributed by atoms with Crippen molar-refractivity contribution in [1.82, 2.24) is 0 Å². The second kappa shape index (κ2) is 22.0. The lowest BCUT2D eigenvalue weighted by atomic mass is 9.77. The molecule has 0 aliphatic heterocycles. The van der Waals surface area contributed by atoms with E-state index in [0.717, 1.165) is 24.7 Å². The molecule has 0 spiro atoms. The quantitative estimate of drug-likeness (QED) is 0.0821. The Labute approximate surface area is 337 Å². The molecule has 0 aromatic heterocycles. The molecule has 2 fully saturated rings. The van der Waals surface area contributed by atoms with Crippen molar-refractivity contribution < 1.29 is 4.74 Å². The summed E-state index contributed by atoms with van der Waals surface area (Å²) >= 11 is 0. The van der Waals surface area contributed by atoms with Gasteiger partial charge in [-0.05, 0) is 145 Å². The topological polar surface area (TPSA) is 9.23 Å². The molecule has 4 aromatic rings. The fraction of sp³-hybridized carbons (Fsp3) is 0.556. The van der Waals surface area contributed by atoms with Crippen LogP contribution >= 0.6 is 0 Å². The Morgan fingerprint density at radius 2 is 0.727 bits per heavy atom. The largest absolute Gasteiger partial charge is 0.356 e. The summed E-state index contributed by atoms with van der Waals surface area (Å²) in [6, 6.07) is 38.1. The Morgan fingerprint density at radius 3 is 1.04 bits per heavy atom. The molecule has 1 nitrogen and oxygen atoms in total. The molecule has 4 aromatic carbocycles. The van der Waals surface area contributed by atoms with Crippen LogP contribution in [0.25, 0.3) is 0 Å². The van der Waals surface area contributed by atoms with Gasteiger partial charge in [0.2, 0.25) is 0 Å². The van der Waals surface area contributed by atoms with Gasteiger partial charge in [-0.3, -0.25) is 0 Å². The Balaban J connectivity index is 1.29. The first-order chi connectivity index (χ1) is 27.1. The first kappa shape index (κ1) is 41.5. The van der Waals surface area contributed by atoms with Crippen LogP contribution in [0.1, 0.15) is 212 Å². The van der Waals surface area contributed by atoms with Crippen molar-refractivity contribution in [2.24, 2.45) is 11.8 Å². The summed E-state index contributed by atoms with van der Waals surface area (Å²) in [6.45, 7) is 9.31. The van der Waals surface area contributed by atoms with Gasteiger partial charge in [0.05, 0.1) is 0 Å². The van der Waals surface area contributed by atoms with E-state index in [0.29, 0.717) is 11.8 Å². The third-order valence-electron chi connectivity index (χ3n) is 13.7. The van der Waals surface area contributed by atoms with Crippen molar-refractivity contribution in [3.63, 3.8) is 0 Å². The van der Waals surface area contributed by atoms with Crippen LogP contribution in [0, 0.1) is 11.8 Å². The van der Waals surface area contributed by atoms with Gasteiger partial charge < -0.3 is 4.74 Å². The molecule has 0 bridgehead atoms. The van der Waals surface area contributed by atoms with Crippen molar-refractivity contribution in [3.8, 4) is 0 Å². The van der Waals surface area contributed by atoms with E-state index >= 15 is 0 Å². The summed E-state index contributed by atoms with van der Waals surface area (Å²) in [5.74, 6) is 3.21. The number of aryl methyl sites for hydroxylation is 2. The summed E-state index contributed by atoms with van der Waals surface area (Å²) in [4.78, 5) is 0. The van der Waals surface area contributed by atoms with Gasteiger partial charge in [0.15, 0.2) is 0 Å². The van der Waals surface area contributed by atoms with Crippen molar-refractivity contribution in [3.05, 3.63) is 142 Å². The van der Waals surface area contributed by atoms with Crippen LogP contribution in [-0.2, 0) is 17.6 Å². The van der Waals surface area contributed by atoms with Gasteiger partial charge in [-0.1, -0.05) is 176 Å². The number of rotatable bonds is 20. The lowest BCUT2D eigenvalue weighted by Crippen LogP contribution is -2.15. The molecule has 55 heavy (non-hydrogen) atoms. The highest BCUT2D eigenvalue weighted by molar-refractivity contribution is 5.38. The maximum absolute atomic E-state index is 7.53. The van der Waals surface area contributed by atoms with Gasteiger partial charge in [0.1, 0.15) is 12.2 Å². The van der Waals surface area contributed by atoms with E-state index in [-0.39, 0.29) is 12.2 Å². The van der Waals surface area contributed by atoms with E-state index < -0.39 is 0 Å². The molecule has 2 unspecified atom stereocenters. The van der Waals surface area contributed by atoms with E-state index in [4.69, 9.17) is 4.74 Å². The summed E-state index contributed by atoms with van der Waals surface area (Å²) in [7, 11) is 0. The number of hydrogen-bond acceptors (Lipinski definition) is 1. The summed E-state index contributed by atoms with van der Waals surface area (Å²) in [5.41, 5.74) is 10.9. The van der Waals surface area contributed by atoms with Crippen LogP contribution in [0.15, 0.2) is 97.1 Å². The highest BCUT2D eigenvalue weighted by atomic mass is 16.5. The zero-order valence-corrected chi connectivity index (χ0v) is 35.3. The number of benzene rings is 4. The second-order valence-corrected chi connectivity index (χ2v) is 17.6. The van der Waals surface area contributed by atoms with Gasteiger partial charge in [-0.15, -0.1) is 0 Å². The maximum atomic E-state index is 7.53. The van der Waals surface area contributed by atoms with Crippen molar-refractivity contribution in [2.45, 2.75) is 180 Å². The predicted molar refractivity (Wildman–Crippen MR) is 236 cm³/mol. The lowest BCUT2D eigenvalue weighted by Gasteiger charge is -2.30. The Hall–Kier alpha value is -3.16. The van der Waals surface area contributed by atoms with Crippen LogP contribution in [-0.4, -0.2) is 0 Å². The van der Waals surface area contributed by atoms with Gasteiger partial charge >= 0.3 is 0 Å². The molecule has 2 aliphatic rings. The molecule has 296 valence electrons. The molecule has 0 amide bonds. The molecule has 2 saturated carbocycles. The molecule has 0 saturated heterocycles. The minimum absolute atomic E-state index is 0.165. The van der Waals surface area contributed by atoms with Crippen LogP contribution in [0.3, 0.4) is 0 Å². The normalized spacial score (nSPS) is 21.3. The highest BCUT2D eigenvalue weighted by Crippen LogP contribution is 2.41. The molecular formula is C54H74O. The third-order valence-corrected chi connectivity index (χ3v) is 13.7.